The Hall–Kier alpha value is -0.870. The first-order chi connectivity index (χ1) is 7.66. The van der Waals surface area contributed by atoms with E-state index in [1.54, 1.807) is 6.07 Å². The minimum atomic E-state index is 0.425. The normalized spacial score (nSPS) is 17.5. The van der Waals surface area contributed by atoms with Crippen molar-refractivity contribution >= 4 is 17.4 Å². The number of anilines is 1. The standard InChI is InChI=1S/C11H17ClN4/c1-8(16(2)9-3-4-9)7-13-11-6-5-10(12)14-15-11/h5-6,8-9H,3-4,7H2,1-2H3,(H,13,15). The molecule has 1 N–H and O–H groups in total. The van der Waals surface area contributed by atoms with Gasteiger partial charge in [-0.2, -0.15) is 0 Å². The highest BCUT2D eigenvalue weighted by molar-refractivity contribution is 6.29. The molecule has 0 radical (unpaired) electrons. The van der Waals surface area contributed by atoms with E-state index in [0.29, 0.717) is 11.2 Å². The molecule has 2 rings (SSSR count). The number of likely N-dealkylation sites (N-methyl/N-ethyl adjacent to an activating group) is 1. The van der Waals surface area contributed by atoms with Crippen LogP contribution in [0, 0.1) is 0 Å². The van der Waals surface area contributed by atoms with Gasteiger partial charge in [-0.15, -0.1) is 10.2 Å². The van der Waals surface area contributed by atoms with E-state index < -0.39 is 0 Å². The molecule has 88 valence electrons. The molecular weight excluding hydrogens is 224 g/mol. The van der Waals surface area contributed by atoms with Gasteiger partial charge < -0.3 is 5.32 Å². The summed E-state index contributed by atoms with van der Waals surface area (Å²) in [6.07, 6.45) is 2.67. The zero-order valence-electron chi connectivity index (χ0n) is 9.65. The second-order valence-corrected chi connectivity index (χ2v) is 4.76. The van der Waals surface area contributed by atoms with Gasteiger partial charge in [0, 0.05) is 18.6 Å². The van der Waals surface area contributed by atoms with Crippen molar-refractivity contribution < 1.29 is 0 Å². The summed E-state index contributed by atoms with van der Waals surface area (Å²) < 4.78 is 0. The van der Waals surface area contributed by atoms with Gasteiger partial charge in [0.25, 0.3) is 0 Å². The van der Waals surface area contributed by atoms with E-state index in [-0.39, 0.29) is 0 Å². The third kappa shape index (κ3) is 3.06. The Morgan fingerprint density at radius 3 is 2.81 bits per heavy atom. The summed E-state index contributed by atoms with van der Waals surface area (Å²) >= 11 is 5.67. The quantitative estimate of drug-likeness (QED) is 0.855. The molecule has 0 spiro atoms. The van der Waals surface area contributed by atoms with Crippen LogP contribution in [-0.4, -0.2) is 40.8 Å². The minimum Gasteiger partial charge on any atom is -0.367 e. The highest BCUT2D eigenvalue weighted by atomic mass is 35.5. The Balaban J connectivity index is 1.79. The van der Waals surface area contributed by atoms with E-state index in [2.05, 4.69) is 34.4 Å². The first-order valence-electron chi connectivity index (χ1n) is 5.62. The largest absolute Gasteiger partial charge is 0.367 e. The second kappa shape index (κ2) is 4.97. The smallest absolute Gasteiger partial charge is 0.151 e. The van der Waals surface area contributed by atoms with Crippen LogP contribution >= 0.6 is 11.6 Å². The van der Waals surface area contributed by atoms with Crippen molar-refractivity contribution in [3.63, 3.8) is 0 Å². The molecular formula is C11H17ClN4. The predicted molar refractivity (Wildman–Crippen MR) is 65.8 cm³/mol. The fourth-order valence-corrected chi connectivity index (χ4v) is 1.75. The summed E-state index contributed by atoms with van der Waals surface area (Å²) in [5.41, 5.74) is 0. The van der Waals surface area contributed by atoms with E-state index >= 15 is 0 Å². The average molecular weight is 241 g/mol. The average Bonchev–Trinajstić information content (AvgIpc) is 3.11. The van der Waals surface area contributed by atoms with E-state index in [4.69, 9.17) is 11.6 Å². The van der Waals surface area contributed by atoms with Crippen LogP contribution in [0.25, 0.3) is 0 Å². The van der Waals surface area contributed by atoms with Crippen molar-refractivity contribution in [3.05, 3.63) is 17.3 Å². The number of nitrogens with one attached hydrogen (secondary N) is 1. The number of rotatable bonds is 5. The summed E-state index contributed by atoms with van der Waals surface area (Å²) in [5, 5.41) is 11.4. The zero-order chi connectivity index (χ0) is 11.5. The van der Waals surface area contributed by atoms with Crippen LogP contribution in [0.2, 0.25) is 5.15 Å². The molecule has 0 aromatic carbocycles. The molecule has 1 fully saturated rings. The summed E-state index contributed by atoms with van der Waals surface area (Å²) in [4.78, 5) is 2.41. The summed E-state index contributed by atoms with van der Waals surface area (Å²) in [6, 6.07) is 4.88. The Kier molecular flexibility index (Phi) is 3.61. The van der Waals surface area contributed by atoms with Gasteiger partial charge in [-0.25, -0.2) is 0 Å². The third-order valence-electron chi connectivity index (χ3n) is 3.03. The monoisotopic (exact) mass is 240 g/mol. The highest BCUT2D eigenvalue weighted by Gasteiger charge is 2.28. The lowest BCUT2D eigenvalue weighted by atomic mass is 10.3. The molecule has 1 heterocycles. The third-order valence-corrected chi connectivity index (χ3v) is 3.23. The molecule has 1 unspecified atom stereocenters. The first-order valence-corrected chi connectivity index (χ1v) is 5.99. The molecule has 1 aliphatic rings. The zero-order valence-corrected chi connectivity index (χ0v) is 10.4. The molecule has 1 aliphatic carbocycles. The van der Waals surface area contributed by atoms with Gasteiger partial charge >= 0.3 is 0 Å². The second-order valence-electron chi connectivity index (χ2n) is 4.37. The van der Waals surface area contributed by atoms with Crippen LogP contribution in [0.1, 0.15) is 19.8 Å². The van der Waals surface area contributed by atoms with Crippen LogP contribution in [0.4, 0.5) is 5.82 Å². The summed E-state index contributed by atoms with van der Waals surface area (Å²) in [6.45, 7) is 3.10. The molecule has 1 aromatic rings. The number of hydrogen-bond donors (Lipinski definition) is 1. The van der Waals surface area contributed by atoms with Crippen molar-refractivity contribution in [2.75, 3.05) is 18.9 Å². The van der Waals surface area contributed by atoms with Crippen molar-refractivity contribution in [1.82, 2.24) is 15.1 Å². The summed E-state index contributed by atoms with van der Waals surface area (Å²) in [5.74, 6) is 0.778. The Morgan fingerprint density at radius 1 is 1.50 bits per heavy atom. The van der Waals surface area contributed by atoms with Crippen molar-refractivity contribution in [2.24, 2.45) is 0 Å². The number of nitrogens with zero attached hydrogens (tertiary/aromatic N) is 3. The molecule has 16 heavy (non-hydrogen) atoms. The van der Waals surface area contributed by atoms with E-state index in [1.165, 1.54) is 12.8 Å². The van der Waals surface area contributed by atoms with Gasteiger partial charge in [0.05, 0.1) is 0 Å². The topological polar surface area (TPSA) is 41.1 Å². The molecule has 1 aromatic heterocycles. The van der Waals surface area contributed by atoms with Crippen LogP contribution in [0.15, 0.2) is 12.1 Å². The molecule has 0 amide bonds. The van der Waals surface area contributed by atoms with Gasteiger partial charge in [0.15, 0.2) is 5.15 Å². The van der Waals surface area contributed by atoms with Gasteiger partial charge in [0.1, 0.15) is 5.82 Å². The van der Waals surface area contributed by atoms with E-state index in [1.807, 2.05) is 6.07 Å². The number of aromatic nitrogens is 2. The maximum absolute atomic E-state index is 5.67. The SMILES string of the molecule is CC(CNc1ccc(Cl)nn1)N(C)C1CC1. The molecule has 0 bridgehead atoms. The lowest BCUT2D eigenvalue weighted by Crippen LogP contribution is -2.36. The van der Waals surface area contributed by atoms with E-state index in [9.17, 15) is 0 Å². The van der Waals surface area contributed by atoms with Crippen molar-refractivity contribution in [1.29, 1.82) is 0 Å². The van der Waals surface area contributed by atoms with Crippen LogP contribution in [0.3, 0.4) is 0 Å². The molecule has 0 saturated heterocycles. The van der Waals surface area contributed by atoms with Gasteiger partial charge in [-0.05, 0) is 38.9 Å². The Labute approximate surface area is 101 Å². The van der Waals surface area contributed by atoms with Crippen LogP contribution in [-0.2, 0) is 0 Å². The minimum absolute atomic E-state index is 0.425. The fraction of sp³-hybridized carbons (Fsp3) is 0.636. The molecule has 1 saturated carbocycles. The maximum atomic E-state index is 5.67. The summed E-state index contributed by atoms with van der Waals surface area (Å²) in [7, 11) is 2.18. The first kappa shape index (κ1) is 11.6. The highest BCUT2D eigenvalue weighted by Crippen LogP contribution is 2.26. The van der Waals surface area contributed by atoms with Crippen molar-refractivity contribution in [2.45, 2.75) is 31.8 Å². The molecule has 5 heteroatoms. The van der Waals surface area contributed by atoms with Gasteiger partial charge in [0.2, 0.25) is 0 Å². The van der Waals surface area contributed by atoms with E-state index in [0.717, 1.165) is 18.4 Å². The number of halogens is 1. The Morgan fingerprint density at radius 2 is 2.25 bits per heavy atom. The van der Waals surface area contributed by atoms with Crippen LogP contribution < -0.4 is 5.32 Å². The van der Waals surface area contributed by atoms with Gasteiger partial charge in [-0.1, -0.05) is 11.6 Å². The number of hydrogen-bond acceptors (Lipinski definition) is 4. The van der Waals surface area contributed by atoms with Gasteiger partial charge in [-0.3, -0.25) is 4.90 Å². The van der Waals surface area contributed by atoms with Crippen molar-refractivity contribution in [3.8, 4) is 0 Å². The van der Waals surface area contributed by atoms with Crippen LogP contribution in [0.5, 0.6) is 0 Å². The molecule has 4 nitrogen and oxygen atoms in total. The lowest BCUT2D eigenvalue weighted by molar-refractivity contribution is 0.257. The molecule has 1 atom stereocenters. The predicted octanol–water partition coefficient (Wildman–Crippen LogP) is 2.02. The lowest BCUT2D eigenvalue weighted by Gasteiger charge is -2.24. The fourth-order valence-electron chi connectivity index (χ4n) is 1.65. The molecule has 0 aliphatic heterocycles. The maximum Gasteiger partial charge on any atom is 0.151 e. The Bertz CT molecular complexity index is 336.